The molecule has 112 valence electrons. The third-order valence-electron chi connectivity index (χ3n) is 4.21. The number of nitrogens with zero attached hydrogens (tertiary/aromatic N) is 4. The molecule has 21 heavy (non-hydrogen) atoms. The summed E-state index contributed by atoms with van der Waals surface area (Å²) in [5.74, 6) is 6.95. The Bertz CT molecular complexity index is 619. The van der Waals surface area contributed by atoms with Crippen molar-refractivity contribution in [2.45, 2.75) is 18.9 Å². The van der Waals surface area contributed by atoms with Gasteiger partial charge in [-0.25, -0.2) is 10.8 Å². The zero-order chi connectivity index (χ0) is 14.8. The van der Waals surface area contributed by atoms with Gasteiger partial charge in [0.25, 0.3) is 0 Å². The van der Waals surface area contributed by atoms with Gasteiger partial charge < -0.3 is 9.80 Å². The van der Waals surface area contributed by atoms with Crippen molar-refractivity contribution in [3.05, 3.63) is 24.3 Å². The van der Waals surface area contributed by atoms with Crippen molar-refractivity contribution in [1.82, 2.24) is 14.9 Å². The number of para-hydroxylation sites is 1. The van der Waals surface area contributed by atoms with Crippen molar-refractivity contribution >= 4 is 22.7 Å². The second-order valence-corrected chi connectivity index (χ2v) is 5.71. The number of hydrogen-bond acceptors (Lipinski definition) is 6. The number of anilines is 2. The second kappa shape index (κ2) is 5.83. The summed E-state index contributed by atoms with van der Waals surface area (Å²) in [5, 5.41) is 1.08. The molecule has 3 rings (SSSR count). The average Bonchev–Trinajstić information content (AvgIpc) is 2.53. The van der Waals surface area contributed by atoms with Crippen molar-refractivity contribution in [3.8, 4) is 0 Å². The summed E-state index contributed by atoms with van der Waals surface area (Å²) in [6.07, 6.45) is 2.30. The molecule has 0 bridgehead atoms. The van der Waals surface area contributed by atoms with E-state index in [9.17, 15) is 0 Å². The van der Waals surface area contributed by atoms with Crippen LogP contribution in [0.5, 0.6) is 0 Å². The van der Waals surface area contributed by atoms with Crippen molar-refractivity contribution < 1.29 is 0 Å². The first-order valence-corrected chi connectivity index (χ1v) is 7.34. The van der Waals surface area contributed by atoms with Gasteiger partial charge in [0.1, 0.15) is 5.82 Å². The highest BCUT2D eigenvalue weighted by Crippen LogP contribution is 2.28. The summed E-state index contributed by atoms with van der Waals surface area (Å²) in [6, 6.07) is 8.73. The van der Waals surface area contributed by atoms with E-state index in [1.54, 1.807) is 0 Å². The Morgan fingerprint density at radius 2 is 1.90 bits per heavy atom. The Labute approximate surface area is 124 Å². The maximum Gasteiger partial charge on any atom is 0.239 e. The van der Waals surface area contributed by atoms with Gasteiger partial charge in [-0.15, -0.1) is 0 Å². The van der Waals surface area contributed by atoms with E-state index >= 15 is 0 Å². The first-order chi connectivity index (χ1) is 10.2. The van der Waals surface area contributed by atoms with E-state index in [0.717, 1.165) is 42.7 Å². The van der Waals surface area contributed by atoms with E-state index < -0.39 is 0 Å². The molecule has 0 atom stereocenters. The van der Waals surface area contributed by atoms with E-state index in [1.807, 2.05) is 18.2 Å². The lowest BCUT2D eigenvalue weighted by Gasteiger charge is -2.36. The van der Waals surface area contributed by atoms with Crippen molar-refractivity contribution in [1.29, 1.82) is 0 Å². The first-order valence-electron chi connectivity index (χ1n) is 7.34. The summed E-state index contributed by atoms with van der Waals surface area (Å²) >= 11 is 0. The van der Waals surface area contributed by atoms with E-state index in [2.05, 4.69) is 45.4 Å². The predicted molar refractivity (Wildman–Crippen MR) is 86.3 cm³/mol. The fourth-order valence-corrected chi connectivity index (χ4v) is 2.96. The van der Waals surface area contributed by atoms with Crippen LogP contribution in [0.15, 0.2) is 24.3 Å². The molecule has 0 spiro atoms. The Balaban J connectivity index is 1.93. The lowest BCUT2D eigenvalue weighted by Crippen LogP contribution is -2.42. The Hall–Kier alpha value is -1.92. The highest BCUT2D eigenvalue weighted by molar-refractivity contribution is 5.90. The smallest absolute Gasteiger partial charge is 0.239 e. The molecule has 1 aromatic heterocycles. The molecule has 0 aliphatic carbocycles. The Kier molecular flexibility index (Phi) is 3.90. The number of nitrogens with one attached hydrogen (secondary N) is 1. The van der Waals surface area contributed by atoms with Gasteiger partial charge in [0.15, 0.2) is 0 Å². The average molecular weight is 286 g/mol. The molecule has 6 heteroatoms. The van der Waals surface area contributed by atoms with Crippen molar-refractivity contribution in [3.63, 3.8) is 0 Å². The Morgan fingerprint density at radius 3 is 2.57 bits per heavy atom. The first kappa shape index (κ1) is 14.0. The normalized spacial score (nSPS) is 16.7. The number of hydrazine groups is 1. The van der Waals surface area contributed by atoms with Gasteiger partial charge in [0, 0.05) is 24.5 Å². The van der Waals surface area contributed by atoms with Gasteiger partial charge in [-0.3, -0.25) is 5.43 Å². The summed E-state index contributed by atoms with van der Waals surface area (Å²) in [6.45, 7) is 2.02. The van der Waals surface area contributed by atoms with Crippen molar-refractivity contribution in [2.24, 2.45) is 5.84 Å². The van der Waals surface area contributed by atoms with Crippen LogP contribution < -0.4 is 16.2 Å². The summed E-state index contributed by atoms with van der Waals surface area (Å²) in [7, 11) is 4.30. The maximum absolute atomic E-state index is 5.50. The SMILES string of the molecule is CN(C)C1CCN(c2nc(NN)nc3ccccc23)CC1. The molecule has 2 aromatic rings. The highest BCUT2D eigenvalue weighted by atomic mass is 15.3. The molecule has 2 heterocycles. The minimum atomic E-state index is 0.471. The van der Waals surface area contributed by atoms with E-state index in [0.29, 0.717) is 12.0 Å². The monoisotopic (exact) mass is 286 g/mol. The van der Waals surface area contributed by atoms with Gasteiger partial charge in [-0.1, -0.05) is 12.1 Å². The van der Waals surface area contributed by atoms with Crippen LogP contribution in [0.3, 0.4) is 0 Å². The van der Waals surface area contributed by atoms with Gasteiger partial charge in [0.05, 0.1) is 5.52 Å². The lowest BCUT2D eigenvalue weighted by molar-refractivity contribution is 0.249. The molecule has 3 N–H and O–H groups in total. The summed E-state index contributed by atoms with van der Waals surface area (Å²) in [5.41, 5.74) is 3.49. The molecule has 6 nitrogen and oxygen atoms in total. The largest absolute Gasteiger partial charge is 0.356 e. The number of rotatable bonds is 3. The van der Waals surface area contributed by atoms with Gasteiger partial charge in [-0.05, 0) is 39.1 Å². The van der Waals surface area contributed by atoms with E-state index in [-0.39, 0.29) is 0 Å². The van der Waals surface area contributed by atoms with Gasteiger partial charge in [0.2, 0.25) is 5.95 Å². The second-order valence-electron chi connectivity index (χ2n) is 5.71. The van der Waals surface area contributed by atoms with Crippen molar-refractivity contribution in [2.75, 3.05) is 37.5 Å². The molecule has 1 fully saturated rings. The minimum Gasteiger partial charge on any atom is -0.356 e. The van der Waals surface area contributed by atoms with E-state index in [4.69, 9.17) is 5.84 Å². The molecular formula is C15H22N6. The van der Waals surface area contributed by atoms with Crippen LogP contribution in [0.2, 0.25) is 0 Å². The number of nitrogen functional groups attached to an aromatic ring is 1. The fraction of sp³-hybridized carbons (Fsp3) is 0.467. The number of aromatic nitrogens is 2. The molecule has 0 amide bonds. The molecule has 0 saturated carbocycles. The molecular weight excluding hydrogens is 264 g/mol. The third kappa shape index (κ3) is 2.77. The van der Waals surface area contributed by atoms with Gasteiger partial charge >= 0.3 is 0 Å². The molecule has 0 radical (unpaired) electrons. The third-order valence-corrected chi connectivity index (χ3v) is 4.21. The quantitative estimate of drug-likeness (QED) is 0.657. The number of nitrogens with two attached hydrogens (primary N) is 1. The van der Waals surface area contributed by atoms with Gasteiger partial charge in [-0.2, -0.15) is 4.98 Å². The van der Waals surface area contributed by atoms with Crippen LogP contribution in [-0.2, 0) is 0 Å². The molecule has 1 aliphatic heterocycles. The number of fused-ring (bicyclic) bond motifs is 1. The highest BCUT2D eigenvalue weighted by Gasteiger charge is 2.23. The number of hydrogen-bond donors (Lipinski definition) is 2. The fourth-order valence-electron chi connectivity index (χ4n) is 2.96. The summed E-state index contributed by atoms with van der Waals surface area (Å²) in [4.78, 5) is 13.6. The van der Waals surface area contributed by atoms with Crippen LogP contribution in [-0.4, -0.2) is 48.1 Å². The van der Waals surface area contributed by atoms with Crippen LogP contribution in [0.25, 0.3) is 10.9 Å². The predicted octanol–water partition coefficient (Wildman–Crippen LogP) is 1.45. The van der Waals surface area contributed by atoms with E-state index in [1.165, 1.54) is 0 Å². The lowest BCUT2D eigenvalue weighted by atomic mass is 10.0. The number of piperidine rings is 1. The minimum absolute atomic E-state index is 0.471. The number of benzene rings is 1. The molecule has 1 aromatic carbocycles. The topological polar surface area (TPSA) is 70.3 Å². The molecule has 0 unspecified atom stereocenters. The maximum atomic E-state index is 5.50. The van der Waals surface area contributed by atoms with Crippen LogP contribution >= 0.6 is 0 Å². The standard InChI is InChI=1S/C15H22N6/c1-20(2)11-7-9-21(10-8-11)14-12-5-3-4-6-13(12)17-15(18-14)19-16/h3-6,11H,7-10,16H2,1-2H3,(H,17,18,19). The zero-order valence-electron chi connectivity index (χ0n) is 12.6. The summed E-state index contributed by atoms with van der Waals surface area (Å²) < 4.78 is 0. The van der Waals surface area contributed by atoms with Crippen LogP contribution in [0.1, 0.15) is 12.8 Å². The zero-order valence-corrected chi connectivity index (χ0v) is 12.6. The van der Waals surface area contributed by atoms with Crippen LogP contribution in [0.4, 0.5) is 11.8 Å². The van der Waals surface area contributed by atoms with Crippen LogP contribution in [0, 0.1) is 0 Å². The molecule has 1 saturated heterocycles. The Morgan fingerprint density at radius 1 is 1.19 bits per heavy atom. The molecule has 1 aliphatic rings.